The molecule has 0 radical (unpaired) electrons. The van der Waals surface area contributed by atoms with E-state index in [0.717, 1.165) is 43.7 Å². The number of carbonyl (C=O) groups is 2. The molecule has 146 valence electrons. The number of hydrogen-bond donors (Lipinski definition) is 3. The van der Waals surface area contributed by atoms with Crippen LogP contribution in [0, 0.1) is 17.8 Å². The number of carbonyl (C=O) groups excluding carboxylic acids is 2. The van der Waals surface area contributed by atoms with E-state index in [1.807, 2.05) is 18.2 Å². The summed E-state index contributed by atoms with van der Waals surface area (Å²) < 4.78 is 0. The average molecular weight is 370 g/mol. The smallest absolute Gasteiger partial charge is 0.246 e. The largest absolute Gasteiger partial charge is 0.371 e. The molecular formula is C21H30N4O2. The fourth-order valence-electron chi connectivity index (χ4n) is 5.11. The van der Waals surface area contributed by atoms with Crippen molar-refractivity contribution in [2.75, 3.05) is 23.3 Å². The van der Waals surface area contributed by atoms with Crippen LogP contribution in [-0.2, 0) is 9.59 Å². The van der Waals surface area contributed by atoms with Crippen molar-refractivity contribution in [2.24, 2.45) is 23.5 Å². The standard InChI is InChI=1S/C21H30N4O2/c1-13(23-21(27)18-14-7-8-15(11-14)19(18)22)20(26)24-16-5-4-6-17(12-16)25-9-2-3-10-25/h4-6,12-15,18-19H,2-3,7-11,22H2,1H3,(H,23,27)(H,24,26). The summed E-state index contributed by atoms with van der Waals surface area (Å²) in [6.07, 6.45) is 5.71. The van der Waals surface area contributed by atoms with Gasteiger partial charge >= 0.3 is 0 Å². The maximum absolute atomic E-state index is 12.7. The average Bonchev–Trinajstić information content (AvgIpc) is 3.39. The number of nitrogens with one attached hydrogen (secondary N) is 2. The molecule has 6 nitrogen and oxygen atoms in total. The molecule has 3 aliphatic rings. The lowest BCUT2D eigenvalue weighted by atomic mass is 9.84. The highest BCUT2D eigenvalue weighted by Gasteiger charge is 2.49. The van der Waals surface area contributed by atoms with Crippen molar-refractivity contribution >= 4 is 23.2 Å². The minimum Gasteiger partial charge on any atom is -0.371 e. The first-order chi connectivity index (χ1) is 13.0. The number of amides is 2. The van der Waals surface area contributed by atoms with E-state index in [1.165, 1.54) is 12.8 Å². The normalized spacial score (nSPS) is 30.4. The molecule has 4 rings (SSSR count). The van der Waals surface area contributed by atoms with Gasteiger partial charge in [0.15, 0.2) is 0 Å². The Labute approximate surface area is 160 Å². The fourth-order valence-corrected chi connectivity index (χ4v) is 5.11. The van der Waals surface area contributed by atoms with E-state index < -0.39 is 6.04 Å². The van der Waals surface area contributed by atoms with Gasteiger partial charge in [0.05, 0.1) is 5.92 Å². The molecule has 2 amide bonds. The lowest BCUT2D eigenvalue weighted by Crippen LogP contribution is -2.50. The zero-order valence-electron chi connectivity index (χ0n) is 16.0. The van der Waals surface area contributed by atoms with Gasteiger partial charge in [0.1, 0.15) is 6.04 Å². The van der Waals surface area contributed by atoms with E-state index >= 15 is 0 Å². The summed E-state index contributed by atoms with van der Waals surface area (Å²) in [5, 5.41) is 5.82. The van der Waals surface area contributed by atoms with Gasteiger partial charge < -0.3 is 21.3 Å². The summed E-state index contributed by atoms with van der Waals surface area (Å²) in [6.45, 7) is 3.86. The van der Waals surface area contributed by atoms with E-state index in [2.05, 4.69) is 21.6 Å². The Hall–Kier alpha value is -2.08. The highest BCUT2D eigenvalue weighted by atomic mass is 16.2. The lowest BCUT2D eigenvalue weighted by molar-refractivity contribution is -0.130. The molecule has 4 N–H and O–H groups in total. The van der Waals surface area contributed by atoms with Crippen LogP contribution in [0.1, 0.15) is 39.0 Å². The van der Waals surface area contributed by atoms with Gasteiger partial charge in [0.25, 0.3) is 0 Å². The molecule has 2 saturated carbocycles. The fraction of sp³-hybridized carbons (Fsp3) is 0.619. The van der Waals surface area contributed by atoms with Gasteiger partial charge in [-0.1, -0.05) is 6.07 Å². The van der Waals surface area contributed by atoms with Gasteiger partial charge in [0.2, 0.25) is 11.8 Å². The summed E-state index contributed by atoms with van der Waals surface area (Å²) in [5.41, 5.74) is 8.15. The van der Waals surface area contributed by atoms with Crippen molar-refractivity contribution in [3.05, 3.63) is 24.3 Å². The Morgan fingerprint density at radius 3 is 2.63 bits per heavy atom. The second-order valence-electron chi connectivity index (χ2n) is 8.40. The molecule has 0 aromatic heterocycles. The molecule has 1 aliphatic heterocycles. The van der Waals surface area contributed by atoms with Gasteiger partial charge in [-0.3, -0.25) is 9.59 Å². The second-order valence-corrected chi connectivity index (χ2v) is 8.40. The molecule has 3 fully saturated rings. The number of nitrogens with zero attached hydrogens (tertiary/aromatic N) is 1. The first-order valence-corrected chi connectivity index (χ1v) is 10.2. The Morgan fingerprint density at radius 2 is 1.93 bits per heavy atom. The molecule has 5 atom stereocenters. The van der Waals surface area contributed by atoms with E-state index in [-0.39, 0.29) is 23.8 Å². The van der Waals surface area contributed by atoms with Crippen molar-refractivity contribution < 1.29 is 9.59 Å². The minimum atomic E-state index is -0.584. The van der Waals surface area contributed by atoms with Gasteiger partial charge in [-0.25, -0.2) is 0 Å². The van der Waals surface area contributed by atoms with Crippen molar-refractivity contribution in [3.63, 3.8) is 0 Å². The first kappa shape index (κ1) is 18.3. The van der Waals surface area contributed by atoms with Crippen molar-refractivity contribution in [3.8, 4) is 0 Å². The topological polar surface area (TPSA) is 87.5 Å². The highest BCUT2D eigenvalue weighted by Crippen LogP contribution is 2.47. The summed E-state index contributed by atoms with van der Waals surface area (Å²) in [5.74, 6) is 0.458. The number of benzene rings is 1. The first-order valence-electron chi connectivity index (χ1n) is 10.2. The van der Waals surface area contributed by atoms with Crippen LogP contribution < -0.4 is 21.3 Å². The number of nitrogens with two attached hydrogens (primary N) is 1. The molecule has 6 heteroatoms. The third-order valence-electron chi connectivity index (χ3n) is 6.62. The highest BCUT2D eigenvalue weighted by molar-refractivity contribution is 5.97. The molecule has 1 saturated heterocycles. The zero-order valence-corrected chi connectivity index (χ0v) is 16.0. The summed E-state index contributed by atoms with van der Waals surface area (Å²) in [7, 11) is 0. The SMILES string of the molecule is CC(NC(=O)C1C2CCC(C2)C1N)C(=O)Nc1cccc(N2CCCC2)c1. The monoisotopic (exact) mass is 370 g/mol. The molecular weight excluding hydrogens is 340 g/mol. The molecule has 1 aromatic rings. The quantitative estimate of drug-likeness (QED) is 0.741. The van der Waals surface area contributed by atoms with Crippen LogP contribution in [-0.4, -0.2) is 37.0 Å². The van der Waals surface area contributed by atoms with Gasteiger partial charge in [0, 0.05) is 30.5 Å². The number of rotatable bonds is 5. The van der Waals surface area contributed by atoms with Crippen molar-refractivity contribution in [1.29, 1.82) is 0 Å². The number of hydrogen-bond acceptors (Lipinski definition) is 4. The zero-order chi connectivity index (χ0) is 19.0. The lowest BCUT2D eigenvalue weighted by Gasteiger charge is -2.28. The molecule has 1 aromatic carbocycles. The molecule has 5 unspecified atom stereocenters. The van der Waals surface area contributed by atoms with Crippen LogP contribution in [0.4, 0.5) is 11.4 Å². The third kappa shape index (κ3) is 3.68. The Bertz CT molecular complexity index is 714. The minimum absolute atomic E-state index is 0.0591. The summed E-state index contributed by atoms with van der Waals surface area (Å²) >= 11 is 0. The maximum Gasteiger partial charge on any atom is 0.246 e. The Morgan fingerprint density at radius 1 is 1.19 bits per heavy atom. The number of anilines is 2. The van der Waals surface area contributed by atoms with E-state index in [4.69, 9.17) is 5.73 Å². The summed E-state index contributed by atoms with van der Waals surface area (Å²) in [4.78, 5) is 27.6. The van der Waals surface area contributed by atoms with E-state index in [9.17, 15) is 9.59 Å². The predicted molar refractivity (Wildman–Crippen MR) is 106 cm³/mol. The second kappa shape index (κ2) is 7.50. The van der Waals surface area contributed by atoms with Gasteiger partial charge in [-0.15, -0.1) is 0 Å². The third-order valence-corrected chi connectivity index (χ3v) is 6.62. The van der Waals surface area contributed by atoms with Crippen LogP contribution in [0.3, 0.4) is 0 Å². The molecule has 2 aliphatic carbocycles. The molecule has 27 heavy (non-hydrogen) atoms. The molecule has 0 spiro atoms. The van der Waals surface area contributed by atoms with Crippen LogP contribution in [0.15, 0.2) is 24.3 Å². The van der Waals surface area contributed by atoms with Crippen molar-refractivity contribution in [2.45, 2.75) is 51.1 Å². The predicted octanol–water partition coefficient (Wildman–Crippen LogP) is 2.10. The van der Waals surface area contributed by atoms with Gasteiger partial charge in [-0.2, -0.15) is 0 Å². The van der Waals surface area contributed by atoms with Gasteiger partial charge in [-0.05, 0) is 69.1 Å². The van der Waals surface area contributed by atoms with E-state index in [0.29, 0.717) is 11.8 Å². The number of fused-ring (bicyclic) bond motifs is 2. The van der Waals surface area contributed by atoms with Crippen LogP contribution in [0.2, 0.25) is 0 Å². The molecule has 1 heterocycles. The van der Waals surface area contributed by atoms with E-state index in [1.54, 1.807) is 6.92 Å². The Balaban J connectivity index is 1.34. The van der Waals surface area contributed by atoms with Crippen LogP contribution in [0.5, 0.6) is 0 Å². The Kier molecular flexibility index (Phi) is 5.08. The summed E-state index contributed by atoms with van der Waals surface area (Å²) in [6, 6.07) is 7.28. The molecule has 2 bridgehead atoms. The maximum atomic E-state index is 12.7. The van der Waals surface area contributed by atoms with Crippen LogP contribution >= 0.6 is 0 Å². The van der Waals surface area contributed by atoms with Crippen molar-refractivity contribution in [1.82, 2.24) is 5.32 Å². The van der Waals surface area contributed by atoms with Crippen LogP contribution in [0.25, 0.3) is 0 Å².